The Bertz CT molecular complexity index is 152. The van der Waals surface area contributed by atoms with Gasteiger partial charge in [0.05, 0.1) is 6.61 Å². The summed E-state index contributed by atoms with van der Waals surface area (Å²) in [5.74, 6) is -0.227. The Morgan fingerprint density at radius 2 is 2.27 bits per heavy atom. The molecule has 0 aromatic rings. The van der Waals surface area contributed by atoms with E-state index in [9.17, 15) is 4.79 Å². The third kappa shape index (κ3) is 6.34. The molecule has 0 aromatic heterocycles. The fourth-order valence-corrected chi connectivity index (χ4v) is 1.46. The summed E-state index contributed by atoms with van der Waals surface area (Å²) in [6, 6.07) is 0. The average molecular weight is 268 g/mol. The van der Waals surface area contributed by atoms with Crippen LogP contribution in [0.5, 0.6) is 0 Å². The monoisotopic (exact) mass is 268 g/mol. The summed E-state index contributed by atoms with van der Waals surface area (Å²) in [4.78, 5) is 10.8. The van der Waals surface area contributed by atoms with Crippen molar-refractivity contribution in [3.05, 3.63) is 11.6 Å². The number of esters is 1. The van der Waals surface area contributed by atoms with Crippen molar-refractivity contribution >= 4 is 28.6 Å². The number of carbonyl (C=O) groups is 1. The molecule has 0 rings (SSSR count). The van der Waals surface area contributed by atoms with Gasteiger partial charge < -0.3 is 4.74 Å². The van der Waals surface area contributed by atoms with E-state index < -0.39 is 0 Å². The standard InChI is InChI=1S/C8H13IO2/c1-3-11-8(10)6-7(2)4-5-9/h6H,3-5H2,1-2H3/b7-6+. The second-order valence-electron chi connectivity index (χ2n) is 2.18. The highest BCUT2D eigenvalue weighted by atomic mass is 127. The lowest BCUT2D eigenvalue weighted by Gasteiger charge is -1.97. The first-order chi connectivity index (χ1) is 5.20. The molecule has 0 N–H and O–H groups in total. The molecule has 0 saturated heterocycles. The Morgan fingerprint density at radius 3 is 2.73 bits per heavy atom. The van der Waals surface area contributed by atoms with Crippen LogP contribution < -0.4 is 0 Å². The van der Waals surface area contributed by atoms with Crippen LogP contribution in [0, 0.1) is 0 Å². The van der Waals surface area contributed by atoms with Gasteiger partial charge in [0, 0.05) is 10.5 Å². The third-order valence-corrected chi connectivity index (χ3v) is 1.68. The van der Waals surface area contributed by atoms with Crippen molar-refractivity contribution in [3.8, 4) is 0 Å². The van der Waals surface area contributed by atoms with Gasteiger partial charge in [-0.1, -0.05) is 28.2 Å². The Morgan fingerprint density at radius 1 is 1.64 bits per heavy atom. The summed E-state index contributed by atoms with van der Waals surface area (Å²) >= 11 is 2.28. The van der Waals surface area contributed by atoms with Gasteiger partial charge in [0.15, 0.2) is 0 Å². The minimum Gasteiger partial charge on any atom is -0.463 e. The maximum Gasteiger partial charge on any atom is 0.330 e. The smallest absolute Gasteiger partial charge is 0.330 e. The van der Waals surface area contributed by atoms with Crippen molar-refractivity contribution in [2.24, 2.45) is 0 Å². The predicted octanol–water partition coefficient (Wildman–Crippen LogP) is 2.32. The fourth-order valence-electron chi connectivity index (χ4n) is 0.606. The molecule has 0 radical (unpaired) electrons. The SMILES string of the molecule is CCOC(=O)/C=C(\C)CCI. The quantitative estimate of drug-likeness (QED) is 0.338. The third-order valence-electron chi connectivity index (χ3n) is 1.14. The molecule has 0 unspecified atom stereocenters. The van der Waals surface area contributed by atoms with Gasteiger partial charge in [-0.2, -0.15) is 0 Å². The van der Waals surface area contributed by atoms with Gasteiger partial charge in [-0.15, -0.1) is 0 Å². The van der Waals surface area contributed by atoms with Crippen molar-refractivity contribution in [1.82, 2.24) is 0 Å². The molecule has 64 valence electrons. The highest BCUT2D eigenvalue weighted by Gasteiger charge is 1.96. The minimum atomic E-state index is -0.227. The maximum absolute atomic E-state index is 10.8. The zero-order valence-electron chi connectivity index (χ0n) is 6.89. The van der Waals surface area contributed by atoms with E-state index in [1.165, 1.54) is 0 Å². The van der Waals surface area contributed by atoms with Crippen LogP contribution in [0.3, 0.4) is 0 Å². The molecule has 0 bridgehead atoms. The molecule has 0 fully saturated rings. The van der Waals surface area contributed by atoms with E-state index in [0.717, 1.165) is 16.4 Å². The number of ether oxygens (including phenoxy) is 1. The van der Waals surface area contributed by atoms with Crippen LogP contribution in [0.15, 0.2) is 11.6 Å². The van der Waals surface area contributed by atoms with Crippen LogP contribution in [0.25, 0.3) is 0 Å². The van der Waals surface area contributed by atoms with Gasteiger partial charge in [-0.05, 0) is 20.3 Å². The summed E-state index contributed by atoms with van der Waals surface area (Å²) in [6.07, 6.45) is 2.52. The van der Waals surface area contributed by atoms with E-state index in [0.29, 0.717) is 6.61 Å². The lowest BCUT2D eigenvalue weighted by atomic mass is 10.2. The number of carbonyl (C=O) groups excluding carboxylic acids is 1. The molecule has 11 heavy (non-hydrogen) atoms. The first-order valence-corrected chi connectivity index (χ1v) is 5.13. The van der Waals surface area contributed by atoms with E-state index in [-0.39, 0.29) is 5.97 Å². The second-order valence-corrected chi connectivity index (χ2v) is 3.26. The molecule has 0 heterocycles. The molecule has 0 aromatic carbocycles. The lowest BCUT2D eigenvalue weighted by Crippen LogP contribution is -2.00. The lowest BCUT2D eigenvalue weighted by molar-refractivity contribution is -0.137. The summed E-state index contributed by atoms with van der Waals surface area (Å²) in [6.45, 7) is 4.20. The average Bonchev–Trinajstić information content (AvgIpc) is 1.87. The largest absolute Gasteiger partial charge is 0.463 e. The molecule has 0 amide bonds. The van der Waals surface area contributed by atoms with Crippen molar-refractivity contribution < 1.29 is 9.53 Å². The van der Waals surface area contributed by atoms with Gasteiger partial charge in [0.2, 0.25) is 0 Å². The van der Waals surface area contributed by atoms with Crippen LogP contribution in [-0.4, -0.2) is 17.0 Å². The van der Waals surface area contributed by atoms with Crippen molar-refractivity contribution in [1.29, 1.82) is 0 Å². The summed E-state index contributed by atoms with van der Waals surface area (Å²) in [7, 11) is 0. The topological polar surface area (TPSA) is 26.3 Å². The van der Waals surface area contributed by atoms with Crippen LogP contribution in [0.2, 0.25) is 0 Å². The van der Waals surface area contributed by atoms with Crippen LogP contribution in [0.1, 0.15) is 20.3 Å². The zero-order chi connectivity index (χ0) is 8.69. The van der Waals surface area contributed by atoms with Crippen LogP contribution in [0.4, 0.5) is 0 Å². The number of alkyl halides is 1. The molecular weight excluding hydrogens is 255 g/mol. The molecule has 0 aliphatic carbocycles. The van der Waals surface area contributed by atoms with E-state index in [1.807, 2.05) is 6.92 Å². The predicted molar refractivity (Wildman–Crippen MR) is 53.9 cm³/mol. The van der Waals surface area contributed by atoms with Crippen molar-refractivity contribution in [2.45, 2.75) is 20.3 Å². The second kappa shape index (κ2) is 6.64. The Hall–Kier alpha value is -0.0600. The highest BCUT2D eigenvalue weighted by Crippen LogP contribution is 2.02. The van der Waals surface area contributed by atoms with Gasteiger partial charge in [-0.3, -0.25) is 0 Å². The minimum absolute atomic E-state index is 0.227. The molecular formula is C8H13IO2. The number of allylic oxidation sites excluding steroid dienone is 1. The molecule has 2 nitrogen and oxygen atoms in total. The van der Waals surface area contributed by atoms with Crippen molar-refractivity contribution in [3.63, 3.8) is 0 Å². The highest BCUT2D eigenvalue weighted by molar-refractivity contribution is 14.1. The summed E-state index contributed by atoms with van der Waals surface area (Å²) < 4.78 is 5.78. The Kier molecular flexibility index (Phi) is 6.60. The Balaban J connectivity index is 3.76. The number of rotatable bonds is 4. The first-order valence-electron chi connectivity index (χ1n) is 3.60. The van der Waals surface area contributed by atoms with Crippen molar-refractivity contribution in [2.75, 3.05) is 11.0 Å². The fraction of sp³-hybridized carbons (Fsp3) is 0.625. The zero-order valence-corrected chi connectivity index (χ0v) is 9.05. The molecule has 0 spiro atoms. The van der Waals surface area contributed by atoms with Gasteiger partial charge in [-0.25, -0.2) is 4.79 Å². The molecule has 0 aliphatic heterocycles. The van der Waals surface area contributed by atoms with E-state index in [4.69, 9.17) is 4.74 Å². The number of hydrogen-bond acceptors (Lipinski definition) is 2. The van der Waals surface area contributed by atoms with Crippen LogP contribution in [-0.2, 0) is 9.53 Å². The van der Waals surface area contributed by atoms with Gasteiger partial charge >= 0.3 is 5.97 Å². The van der Waals surface area contributed by atoms with Gasteiger partial charge in [0.25, 0.3) is 0 Å². The summed E-state index contributed by atoms with van der Waals surface area (Å²) in [5.41, 5.74) is 1.08. The maximum atomic E-state index is 10.8. The molecule has 3 heteroatoms. The van der Waals surface area contributed by atoms with Crippen LogP contribution >= 0.6 is 22.6 Å². The van der Waals surface area contributed by atoms with Gasteiger partial charge in [0.1, 0.15) is 0 Å². The molecule has 0 aliphatic rings. The van der Waals surface area contributed by atoms with E-state index in [2.05, 4.69) is 22.6 Å². The molecule has 0 atom stereocenters. The number of halogens is 1. The van der Waals surface area contributed by atoms with E-state index in [1.54, 1.807) is 13.0 Å². The Labute approximate surface area is 81.1 Å². The van der Waals surface area contributed by atoms with E-state index >= 15 is 0 Å². The normalized spacial score (nSPS) is 11.4. The molecule has 0 saturated carbocycles. The summed E-state index contributed by atoms with van der Waals surface area (Å²) in [5, 5.41) is 0. The number of hydrogen-bond donors (Lipinski definition) is 0. The first kappa shape index (κ1) is 10.9.